The lowest BCUT2D eigenvalue weighted by molar-refractivity contribution is -0.115. The van der Waals surface area contributed by atoms with Gasteiger partial charge in [0.1, 0.15) is 18.1 Å². The number of carboxylic acids is 1. The summed E-state index contributed by atoms with van der Waals surface area (Å²) >= 11 is 4.43. The molecule has 3 rings (SSSR count). The minimum atomic E-state index is -1.45. The van der Waals surface area contributed by atoms with E-state index in [4.69, 9.17) is 15.2 Å². The molecule has 1 atom stereocenters. The van der Waals surface area contributed by atoms with Crippen molar-refractivity contribution in [2.75, 3.05) is 17.7 Å². The smallest absolute Gasteiger partial charge is 0.534 e. The molecule has 1 aromatic carbocycles. The number of aromatic carboxylic acids is 1. The number of nitrogens with one attached hydrogen (secondary N) is 1. The second kappa shape index (κ2) is 9.91. The first-order valence-electron chi connectivity index (χ1n) is 8.88. The second-order valence-electron chi connectivity index (χ2n) is 6.28. The Morgan fingerprint density at radius 1 is 1.50 bits per heavy atom. The van der Waals surface area contributed by atoms with E-state index in [1.165, 1.54) is 6.07 Å². The quantitative estimate of drug-likeness (QED) is 0.139. The number of amides is 1. The van der Waals surface area contributed by atoms with Gasteiger partial charge in [0.2, 0.25) is 0 Å². The number of para-hydroxylation sites is 1. The Kier molecular flexibility index (Phi) is 7.29. The van der Waals surface area contributed by atoms with Gasteiger partial charge in [-0.05, 0) is 24.5 Å². The summed E-state index contributed by atoms with van der Waals surface area (Å²) in [6.07, 6.45) is 0.857. The highest BCUT2D eigenvalue weighted by molar-refractivity contribution is 9.09. The molecule has 1 aliphatic heterocycles. The van der Waals surface area contributed by atoms with E-state index in [0.29, 0.717) is 18.6 Å². The number of aromatic nitrogens is 1. The molecule has 2 aromatic rings. The Morgan fingerprint density at radius 3 is 2.97 bits per heavy atom. The van der Waals surface area contributed by atoms with Crippen LogP contribution in [0.5, 0.6) is 5.75 Å². The average molecular weight is 497 g/mol. The number of thiazole rings is 1. The number of rotatable bonds is 8. The van der Waals surface area contributed by atoms with E-state index in [0.717, 1.165) is 16.7 Å². The van der Waals surface area contributed by atoms with Gasteiger partial charge in [-0.2, -0.15) is 0 Å². The monoisotopic (exact) mass is 496 g/mol. The highest BCUT2D eigenvalue weighted by Gasteiger charge is 2.38. The van der Waals surface area contributed by atoms with Crippen molar-refractivity contribution in [3.05, 3.63) is 40.4 Å². The third kappa shape index (κ3) is 5.09. The highest BCUT2D eigenvalue weighted by atomic mass is 79.9. The molecule has 1 aromatic heterocycles. The molecule has 0 saturated carbocycles. The van der Waals surface area contributed by atoms with Crippen LogP contribution in [-0.2, 0) is 16.1 Å². The van der Waals surface area contributed by atoms with Crippen molar-refractivity contribution in [1.82, 2.24) is 10.3 Å². The lowest BCUT2D eigenvalue weighted by atomic mass is 9.72. The number of hydrogen-bond donors (Lipinski definition) is 4. The van der Waals surface area contributed by atoms with Gasteiger partial charge in [-0.15, -0.1) is 11.3 Å². The molecule has 5 N–H and O–H groups in total. The summed E-state index contributed by atoms with van der Waals surface area (Å²) in [5, 5.41) is 28.7. The van der Waals surface area contributed by atoms with Crippen LogP contribution in [0.3, 0.4) is 0 Å². The molecule has 0 aliphatic carbocycles. The van der Waals surface area contributed by atoms with E-state index in [1.807, 2.05) is 0 Å². The number of hydrogen-bond acceptors (Lipinski definition) is 9. The van der Waals surface area contributed by atoms with Crippen LogP contribution in [-0.4, -0.2) is 57.7 Å². The normalized spacial score (nSPS) is 15.9. The summed E-state index contributed by atoms with van der Waals surface area (Å²) in [5.41, 5.74) is 6.31. The third-order valence-corrected chi connectivity index (χ3v) is 5.41. The Balaban J connectivity index is 1.78. The third-order valence-electron chi connectivity index (χ3n) is 4.17. The largest absolute Gasteiger partial charge is 0.547 e. The van der Waals surface area contributed by atoms with Crippen molar-refractivity contribution in [1.29, 1.82) is 0 Å². The molecule has 0 spiro atoms. The summed E-state index contributed by atoms with van der Waals surface area (Å²) in [7, 11) is -1.45. The van der Waals surface area contributed by atoms with Gasteiger partial charge < -0.3 is 30.7 Å². The summed E-state index contributed by atoms with van der Waals surface area (Å²) < 4.78 is 5.39. The SMILES string of the molecule is Nc1nc(/C(=N/OCCCBr)C(=O)N[C@H]2Cc3cccc(C(=O)O)c3OB2O)cs1. The fourth-order valence-electron chi connectivity index (χ4n) is 2.78. The number of benzene rings is 1. The standard InChI is InChI=1S/C17H18BBrN4O6S/c19-5-2-6-28-23-13(11-8-30-17(20)21-11)15(24)22-12-7-9-3-1-4-10(16(25)26)14(9)29-18(12)27/h1,3-4,8,12,27H,2,5-7H2,(H2,20,21)(H,22,24)(H,25,26)/b23-13-/t12-/m0/s1. The fraction of sp³-hybridized carbons (Fsp3) is 0.294. The Morgan fingerprint density at radius 2 is 2.30 bits per heavy atom. The average Bonchev–Trinajstić information content (AvgIpc) is 3.13. The van der Waals surface area contributed by atoms with Crippen molar-refractivity contribution >= 4 is 57.1 Å². The predicted octanol–water partition coefficient (Wildman–Crippen LogP) is 1.07. The number of carboxylic acid groups (broad SMARTS) is 1. The molecule has 10 nitrogen and oxygen atoms in total. The van der Waals surface area contributed by atoms with E-state index in [9.17, 15) is 19.7 Å². The summed E-state index contributed by atoms with van der Waals surface area (Å²) in [5.74, 6) is -2.55. The van der Waals surface area contributed by atoms with E-state index in [-0.39, 0.29) is 34.3 Å². The van der Waals surface area contributed by atoms with Crippen molar-refractivity contribution in [3.63, 3.8) is 0 Å². The van der Waals surface area contributed by atoms with Crippen LogP contribution in [0.1, 0.15) is 28.0 Å². The predicted molar refractivity (Wildman–Crippen MR) is 115 cm³/mol. The minimum Gasteiger partial charge on any atom is -0.534 e. The number of nitrogens with two attached hydrogens (primary N) is 1. The molecule has 0 radical (unpaired) electrons. The zero-order valence-corrected chi connectivity index (χ0v) is 18.0. The number of halogens is 1. The maximum Gasteiger partial charge on any atom is 0.547 e. The molecule has 1 aliphatic rings. The number of nitrogens with zero attached hydrogens (tertiary/aromatic N) is 2. The topological polar surface area (TPSA) is 156 Å². The second-order valence-corrected chi connectivity index (χ2v) is 7.96. The van der Waals surface area contributed by atoms with Gasteiger partial charge in [-0.3, -0.25) is 4.79 Å². The molecule has 0 saturated heterocycles. The fourth-order valence-corrected chi connectivity index (χ4v) is 3.56. The lowest BCUT2D eigenvalue weighted by Crippen LogP contribution is -2.54. The first-order valence-corrected chi connectivity index (χ1v) is 10.9. The summed E-state index contributed by atoms with van der Waals surface area (Å²) in [6.45, 7) is 0.294. The summed E-state index contributed by atoms with van der Waals surface area (Å²) in [4.78, 5) is 33.5. The van der Waals surface area contributed by atoms with Crippen LogP contribution in [0.4, 0.5) is 5.13 Å². The maximum atomic E-state index is 12.8. The van der Waals surface area contributed by atoms with Crippen LogP contribution in [0, 0.1) is 0 Å². The van der Waals surface area contributed by atoms with Crippen molar-refractivity contribution in [2.45, 2.75) is 18.8 Å². The zero-order valence-electron chi connectivity index (χ0n) is 15.6. The van der Waals surface area contributed by atoms with Gasteiger partial charge >= 0.3 is 13.1 Å². The molecular formula is C17H18BBrN4O6S. The molecule has 0 unspecified atom stereocenters. The van der Waals surface area contributed by atoms with Crippen molar-refractivity contribution < 1.29 is 29.2 Å². The Labute approximate surface area is 184 Å². The van der Waals surface area contributed by atoms with E-state index >= 15 is 0 Å². The van der Waals surface area contributed by atoms with Gasteiger partial charge in [0.05, 0.1) is 11.5 Å². The van der Waals surface area contributed by atoms with Gasteiger partial charge in [0, 0.05) is 10.7 Å². The lowest BCUT2D eigenvalue weighted by Gasteiger charge is -2.28. The van der Waals surface area contributed by atoms with E-state index in [1.54, 1.807) is 17.5 Å². The molecule has 0 bridgehead atoms. The van der Waals surface area contributed by atoms with Crippen molar-refractivity contribution in [2.24, 2.45) is 5.16 Å². The number of alkyl halides is 1. The number of carbonyl (C=O) groups excluding carboxylic acids is 1. The molecule has 30 heavy (non-hydrogen) atoms. The highest BCUT2D eigenvalue weighted by Crippen LogP contribution is 2.30. The zero-order chi connectivity index (χ0) is 21.7. The summed E-state index contributed by atoms with van der Waals surface area (Å²) in [6, 6.07) is 4.63. The van der Waals surface area contributed by atoms with Gasteiger partial charge in [-0.1, -0.05) is 33.2 Å². The number of carbonyl (C=O) groups is 2. The van der Waals surface area contributed by atoms with E-state index < -0.39 is 24.9 Å². The van der Waals surface area contributed by atoms with Crippen LogP contribution in [0.2, 0.25) is 0 Å². The van der Waals surface area contributed by atoms with Gasteiger partial charge in [-0.25, -0.2) is 9.78 Å². The van der Waals surface area contributed by atoms with E-state index in [2.05, 4.69) is 31.4 Å². The van der Waals surface area contributed by atoms with Gasteiger partial charge in [0.25, 0.3) is 5.91 Å². The first-order chi connectivity index (χ1) is 14.4. The molecule has 158 valence electrons. The maximum absolute atomic E-state index is 12.8. The molecule has 2 heterocycles. The number of anilines is 1. The van der Waals surface area contributed by atoms with Crippen molar-refractivity contribution in [3.8, 4) is 5.75 Å². The van der Waals surface area contributed by atoms with Gasteiger partial charge in [0.15, 0.2) is 10.8 Å². The number of oxime groups is 1. The van der Waals surface area contributed by atoms with Crippen LogP contribution >= 0.6 is 27.3 Å². The van der Waals surface area contributed by atoms with Crippen LogP contribution in [0.25, 0.3) is 0 Å². The molecule has 13 heteroatoms. The Bertz CT molecular complexity index is 971. The molecular weight excluding hydrogens is 479 g/mol. The molecule has 0 fully saturated rings. The van der Waals surface area contributed by atoms with Crippen LogP contribution < -0.4 is 15.7 Å². The molecule has 1 amide bonds. The first kappa shape index (κ1) is 22.1. The Hall–Kier alpha value is -2.64. The minimum absolute atomic E-state index is 0.0586. The number of fused-ring (bicyclic) bond motifs is 1. The number of nitrogen functional groups attached to an aromatic ring is 1. The van der Waals surface area contributed by atoms with Crippen LogP contribution in [0.15, 0.2) is 28.7 Å².